The van der Waals surface area contributed by atoms with Crippen LogP contribution in [0.5, 0.6) is 5.75 Å². The average molecular weight is 233 g/mol. The maximum atomic E-state index is 12.3. The molecule has 0 radical (unpaired) electrons. The van der Waals surface area contributed by atoms with Crippen LogP contribution < -0.4 is 0 Å². The Kier molecular flexibility index (Phi) is 3.67. The third-order valence-electron chi connectivity index (χ3n) is 3.50. The van der Waals surface area contributed by atoms with E-state index in [1.165, 1.54) is 12.8 Å². The summed E-state index contributed by atoms with van der Waals surface area (Å²) in [7, 11) is 0. The summed E-state index contributed by atoms with van der Waals surface area (Å²) in [6, 6.07) is 7.13. The van der Waals surface area contributed by atoms with E-state index in [1.807, 2.05) is 11.8 Å². The summed E-state index contributed by atoms with van der Waals surface area (Å²) in [6.07, 6.45) is 4.59. The zero-order chi connectivity index (χ0) is 12.3. The lowest BCUT2D eigenvalue weighted by Crippen LogP contribution is -2.38. The van der Waals surface area contributed by atoms with Crippen molar-refractivity contribution in [3.05, 3.63) is 29.8 Å². The number of hydrogen-bond donors (Lipinski definition) is 1. The Morgan fingerprint density at radius 3 is 2.59 bits per heavy atom. The molecule has 1 aromatic carbocycles. The number of carbonyl (C=O) groups excluding carboxylic acids is 1. The summed E-state index contributed by atoms with van der Waals surface area (Å²) in [4.78, 5) is 14.2. The maximum absolute atomic E-state index is 12.3. The molecule has 0 spiro atoms. The van der Waals surface area contributed by atoms with Gasteiger partial charge in [-0.3, -0.25) is 4.79 Å². The smallest absolute Gasteiger partial charge is 0.257 e. The van der Waals surface area contributed by atoms with Crippen LogP contribution in [0.3, 0.4) is 0 Å². The van der Waals surface area contributed by atoms with Crippen molar-refractivity contribution in [2.75, 3.05) is 6.54 Å². The Balaban J connectivity index is 2.20. The van der Waals surface area contributed by atoms with Crippen LogP contribution in [0.4, 0.5) is 0 Å². The van der Waals surface area contributed by atoms with Gasteiger partial charge in [0.25, 0.3) is 5.91 Å². The molecule has 3 nitrogen and oxygen atoms in total. The first-order valence-corrected chi connectivity index (χ1v) is 6.33. The van der Waals surface area contributed by atoms with Gasteiger partial charge in [0.1, 0.15) is 5.75 Å². The number of phenolic OH excluding ortho intramolecular Hbond substituents is 1. The molecule has 1 aliphatic rings. The summed E-state index contributed by atoms with van der Waals surface area (Å²) in [6.45, 7) is 2.70. The van der Waals surface area contributed by atoms with Gasteiger partial charge in [-0.25, -0.2) is 0 Å². The highest BCUT2D eigenvalue weighted by atomic mass is 16.3. The van der Waals surface area contributed by atoms with E-state index >= 15 is 0 Å². The van der Waals surface area contributed by atoms with Crippen molar-refractivity contribution in [1.29, 1.82) is 0 Å². The van der Waals surface area contributed by atoms with E-state index in [1.54, 1.807) is 24.3 Å². The number of rotatable bonds is 3. The van der Waals surface area contributed by atoms with Gasteiger partial charge in [0.05, 0.1) is 5.56 Å². The summed E-state index contributed by atoms with van der Waals surface area (Å²) in [5.41, 5.74) is 0.418. The molecule has 1 N–H and O–H groups in total. The fourth-order valence-electron chi connectivity index (χ4n) is 2.59. The van der Waals surface area contributed by atoms with Crippen molar-refractivity contribution in [3.63, 3.8) is 0 Å². The summed E-state index contributed by atoms with van der Waals surface area (Å²) < 4.78 is 0. The molecule has 1 amide bonds. The molecule has 0 bridgehead atoms. The third-order valence-corrected chi connectivity index (χ3v) is 3.50. The normalized spacial score (nSPS) is 16.1. The highest BCUT2D eigenvalue weighted by Gasteiger charge is 2.27. The minimum atomic E-state index is -0.0440. The standard InChI is InChI=1S/C14H19NO2/c1-2-15(11-7-3-4-8-11)14(17)12-9-5-6-10-13(12)16/h5-6,9-11,16H,2-4,7-8H2,1H3. The summed E-state index contributed by atoms with van der Waals surface area (Å²) in [5, 5.41) is 9.72. The van der Waals surface area contributed by atoms with E-state index in [0.717, 1.165) is 12.8 Å². The molecule has 1 aliphatic carbocycles. The second-order valence-electron chi connectivity index (χ2n) is 4.55. The molecule has 0 atom stereocenters. The van der Waals surface area contributed by atoms with E-state index in [4.69, 9.17) is 0 Å². The van der Waals surface area contributed by atoms with Gasteiger partial charge in [0, 0.05) is 12.6 Å². The third kappa shape index (κ3) is 2.43. The van der Waals surface area contributed by atoms with E-state index < -0.39 is 0 Å². The molecular formula is C14H19NO2. The zero-order valence-electron chi connectivity index (χ0n) is 10.2. The van der Waals surface area contributed by atoms with E-state index in [9.17, 15) is 9.90 Å². The Morgan fingerprint density at radius 2 is 2.00 bits per heavy atom. The van der Waals surface area contributed by atoms with Gasteiger partial charge < -0.3 is 10.0 Å². The van der Waals surface area contributed by atoms with Gasteiger partial charge in [-0.15, -0.1) is 0 Å². The number of hydrogen-bond acceptors (Lipinski definition) is 2. The minimum Gasteiger partial charge on any atom is -0.507 e. The Morgan fingerprint density at radius 1 is 1.35 bits per heavy atom. The fraction of sp³-hybridized carbons (Fsp3) is 0.500. The SMILES string of the molecule is CCN(C(=O)c1ccccc1O)C1CCCC1. The van der Waals surface area contributed by atoms with Crippen molar-refractivity contribution in [2.45, 2.75) is 38.6 Å². The molecule has 1 aromatic rings. The molecule has 3 heteroatoms. The van der Waals surface area contributed by atoms with E-state index in [-0.39, 0.29) is 11.7 Å². The van der Waals surface area contributed by atoms with Gasteiger partial charge in [-0.05, 0) is 31.9 Å². The largest absolute Gasteiger partial charge is 0.507 e. The second kappa shape index (κ2) is 5.21. The number of phenols is 1. The predicted molar refractivity (Wildman–Crippen MR) is 67.1 cm³/mol. The fourth-order valence-corrected chi connectivity index (χ4v) is 2.59. The van der Waals surface area contributed by atoms with Crippen LogP contribution in [0.15, 0.2) is 24.3 Å². The molecule has 0 aliphatic heterocycles. The monoisotopic (exact) mass is 233 g/mol. The van der Waals surface area contributed by atoms with Crippen molar-refractivity contribution >= 4 is 5.91 Å². The van der Waals surface area contributed by atoms with E-state index in [2.05, 4.69) is 0 Å². The van der Waals surface area contributed by atoms with Gasteiger partial charge in [0.2, 0.25) is 0 Å². The average Bonchev–Trinajstić information content (AvgIpc) is 2.84. The minimum absolute atomic E-state index is 0.0440. The molecule has 0 aromatic heterocycles. The predicted octanol–water partition coefficient (Wildman–Crippen LogP) is 2.80. The number of nitrogens with zero attached hydrogens (tertiary/aromatic N) is 1. The Labute approximate surface area is 102 Å². The van der Waals surface area contributed by atoms with Crippen molar-refractivity contribution in [1.82, 2.24) is 4.90 Å². The lowest BCUT2D eigenvalue weighted by molar-refractivity contribution is 0.0690. The van der Waals surface area contributed by atoms with Crippen LogP contribution in [-0.2, 0) is 0 Å². The highest BCUT2D eigenvalue weighted by molar-refractivity contribution is 5.97. The van der Waals surface area contributed by atoms with Gasteiger partial charge in [-0.1, -0.05) is 25.0 Å². The number of para-hydroxylation sites is 1. The molecule has 1 saturated carbocycles. The summed E-state index contributed by atoms with van der Waals surface area (Å²) in [5.74, 6) is 0.0337. The van der Waals surface area contributed by atoms with Crippen LogP contribution in [0.2, 0.25) is 0 Å². The Bertz CT molecular complexity index is 397. The number of carbonyl (C=O) groups is 1. The molecular weight excluding hydrogens is 214 g/mol. The molecule has 92 valence electrons. The number of benzene rings is 1. The van der Waals surface area contributed by atoms with Gasteiger partial charge in [-0.2, -0.15) is 0 Å². The van der Waals surface area contributed by atoms with Crippen molar-refractivity contribution < 1.29 is 9.90 Å². The maximum Gasteiger partial charge on any atom is 0.257 e. The first kappa shape index (κ1) is 12.0. The van der Waals surface area contributed by atoms with Crippen LogP contribution in [-0.4, -0.2) is 28.5 Å². The number of amides is 1. The van der Waals surface area contributed by atoms with Crippen LogP contribution in [0, 0.1) is 0 Å². The Hall–Kier alpha value is -1.51. The quantitative estimate of drug-likeness (QED) is 0.872. The van der Waals surface area contributed by atoms with Crippen LogP contribution in [0.1, 0.15) is 43.0 Å². The van der Waals surface area contributed by atoms with Gasteiger partial charge >= 0.3 is 0 Å². The van der Waals surface area contributed by atoms with Gasteiger partial charge in [0.15, 0.2) is 0 Å². The molecule has 2 rings (SSSR count). The van der Waals surface area contributed by atoms with Crippen molar-refractivity contribution in [3.8, 4) is 5.75 Å². The van der Waals surface area contributed by atoms with Crippen LogP contribution >= 0.6 is 0 Å². The number of aromatic hydroxyl groups is 1. The molecule has 1 fully saturated rings. The molecule has 0 heterocycles. The summed E-state index contributed by atoms with van der Waals surface area (Å²) >= 11 is 0. The first-order chi connectivity index (χ1) is 8.24. The molecule has 0 unspecified atom stereocenters. The lowest BCUT2D eigenvalue weighted by atomic mass is 10.1. The first-order valence-electron chi connectivity index (χ1n) is 6.33. The molecule has 0 saturated heterocycles. The van der Waals surface area contributed by atoms with Crippen molar-refractivity contribution in [2.24, 2.45) is 0 Å². The van der Waals surface area contributed by atoms with Crippen LogP contribution in [0.25, 0.3) is 0 Å². The molecule has 17 heavy (non-hydrogen) atoms. The lowest BCUT2D eigenvalue weighted by Gasteiger charge is -2.27. The van der Waals surface area contributed by atoms with E-state index in [0.29, 0.717) is 18.2 Å². The highest BCUT2D eigenvalue weighted by Crippen LogP contribution is 2.26. The topological polar surface area (TPSA) is 40.5 Å². The second-order valence-corrected chi connectivity index (χ2v) is 4.55. The zero-order valence-corrected chi connectivity index (χ0v) is 10.2.